The normalized spacial score (nSPS) is 15.1. The molecule has 2 amide bonds. The van der Waals surface area contributed by atoms with Gasteiger partial charge in [0.05, 0.1) is 18.9 Å². The number of nitrogens with zero attached hydrogens (tertiary/aromatic N) is 5. The summed E-state index contributed by atoms with van der Waals surface area (Å²) < 4.78 is 6.44. The Hall–Kier alpha value is -2.92. The number of aromatic nitrogens is 4. The van der Waals surface area contributed by atoms with E-state index < -0.39 is 6.09 Å². The van der Waals surface area contributed by atoms with Crippen LogP contribution in [0.15, 0.2) is 23.8 Å². The molecular formula is C21H28ClN7O3S. The number of thiazole rings is 1. The quantitative estimate of drug-likeness (QED) is 0.540. The summed E-state index contributed by atoms with van der Waals surface area (Å²) in [6.07, 6.45) is 5.41. The molecule has 0 saturated carbocycles. The number of hydrogen-bond acceptors (Lipinski definition) is 8. The predicted molar refractivity (Wildman–Crippen MR) is 129 cm³/mol. The fourth-order valence-corrected chi connectivity index (χ4v) is 4.39. The summed E-state index contributed by atoms with van der Waals surface area (Å²) in [7, 11) is 1.34. The topological polar surface area (TPSA) is 114 Å². The van der Waals surface area contributed by atoms with Crippen molar-refractivity contribution in [3.8, 4) is 11.4 Å². The lowest BCUT2D eigenvalue weighted by molar-refractivity contribution is 0.0698. The maximum absolute atomic E-state index is 13.3. The van der Waals surface area contributed by atoms with Crippen LogP contribution in [0.4, 0.5) is 10.6 Å². The summed E-state index contributed by atoms with van der Waals surface area (Å²) in [6.45, 7) is 5.22. The van der Waals surface area contributed by atoms with Crippen molar-refractivity contribution in [2.75, 3.05) is 25.5 Å². The van der Waals surface area contributed by atoms with Crippen molar-refractivity contribution in [3.63, 3.8) is 0 Å². The van der Waals surface area contributed by atoms with Crippen molar-refractivity contribution in [2.24, 2.45) is 0 Å². The highest BCUT2D eigenvalue weighted by molar-refractivity contribution is 7.16. The molecule has 4 rings (SSSR count). The molecule has 1 atom stereocenters. The third kappa shape index (κ3) is 5.53. The first kappa shape index (κ1) is 24.7. The molecule has 1 aliphatic heterocycles. The van der Waals surface area contributed by atoms with Crippen molar-refractivity contribution < 1.29 is 14.3 Å². The van der Waals surface area contributed by atoms with E-state index in [1.807, 2.05) is 11.6 Å². The number of methoxy groups -OCH3 is 1. The van der Waals surface area contributed by atoms with Gasteiger partial charge in [0.1, 0.15) is 16.3 Å². The number of carbonyl (C=O) groups is 2. The van der Waals surface area contributed by atoms with Crippen LogP contribution in [0.25, 0.3) is 16.2 Å². The van der Waals surface area contributed by atoms with Crippen molar-refractivity contribution in [1.29, 1.82) is 0 Å². The molecule has 10 nitrogen and oxygen atoms in total. The average molecular weight is 494 g/mol. The van der Waals surface area contributed by atoms with Gasteiger partial charge in [-0.15, -0.1) is 23.7 Å². The second-order valence-electron chi connectivity index (χ2n) is 7.83. The number of alkyl carbamates (subject to hydrolysis) is 1. The van der Waals surface area contributed by atoms with Gasteiger partial charge in [0, 0.05) is 42.8 Å². The van der Waals surface area contributed by atoms with E-state index in [9.17, 15) is 9.59 Å². The molecule has 1 aliphatic rings. The fourth-order valence-electron chi connectivity index (χ4n) is 3.60. The number of anilines is 1. The number of rotatable bonds is 6. The Morgan fingerprint density at radius 1 is 1.30 bits per heavy atom. The van der Waals surface area contributed by atoms with Crippen molar-refractivity contribution in [3.05, 3.63) is 29.5 Å². The molecule has 3 aromatic rings. The van der Waals surface area contributed by atoms with E-state index in [-0.39, 0.29) is 30.4 Å². The molecular weight excluding hydrogens is 466 g/mol. The Labute approximate surface area is 202 Å². The van der Waals surface area contributed by atoms with Crippen LogP contribution in [0.3, 0.4) is 0 Å². The summed E-state index contributed by atoms with van der Waals surface area (Å²) in [4.78, 5) is 36.7. The monoisotopic (exact) mass is 493 g/mol. The summed E-state index contributed by atoms with van der Waals surface area (Å²) in [5.74, 6) is 0.944. The van der Waals surface area contributed by atoms with E-state index in [0.717, 1.165) is 16.8 Å². The van der Waals surface area contributed by atoms with Gasteiger partial charge in [-0.05, 0) is 26.2 Å². The van der Waals surface area contributed by atoms with Crippen LogP contribution in [-0.4, -0.2) is 68.8 Å². The Balaban J connectivity index is 0.00000306. The Kier molecular flexibility index (Phi) is 8.09. The SMILES string of the molecule is CC[C@H](C)Nc1cc(C(=O)N2CCC(NC(=O)OC)CC2)nc(-c2cnn3ccsc23)n1.Cl. The van der Waals surface area contributed by atoms with Crippen molar-refractivity contribution in [2.45, 2.75) is 45.2 Å². The van der Waals surface area contributed by atoms with Crippen LogP contribution < -0.4 is 10.6 Å². The van der Waals surface area contributed by atoms with Gasteiger partial charge in [-0.2, -0.15) is 5.10 Å². The fraction of sp³-hybridized carbons (Fsp3) is 0.476. The van der Waals surface area contributed by atoms with Gasteiger partial charge in [-0.25, -0.2) is 19.3 Å². The van der Waals surface area contributed by atoms with Crippen molar-refractivity contribution in [1.82, 2.24) is 29.8 Å². The van der Waals surface area contributed by atoms with Gasteiger partial charge in [-0.3, -0.25) is 4.79 Å². The van der Waals surface area contributed by atoms with Gasteiger partial charge >= 0.3 is 6.09 Å². The molecule has 0 unspecified atom stereocenters. The first-order chi connectivity index (χ1) is 15.5. The number of piperidine rings is 1. The summed E-state index contributed by atoms with van der Waals surface area (Å²) >= 11 is 1.55. The molecule has 0 spiro atoms. The zero-order valence-corrected chi connectivity index (χ0v) is 20.4. The Morgan fingerprint density at radius 3 is 2.76 bits per heavy atom. The lowest BCUT2D eigenvalue weighted by Gasteiger charge is -2.32. The lowest BCUT2D eigenvalue weighted by atomic mass is 10.0. The minimum absolute atomic E-state index is 0. The number of likely N-dealkylation sites (tertiary alicyclic amines) is 1. The van der Waals surface area contributed by atoms with Crippen LogP contribution in [0, 0.1) is 0 Å². The average Bonchev–Trinajstić information content (AvgIpc) is 3.43. The van der Waals surface area contributed by atoms with Crippen LogP contribution >= 0.6 is 23.7 Å². The molecule has 3 aromatic heterocycles. The highest BCUT2D eigenvalue weighted by atomic mass is 35.5. The van der Waals surface area contributed by atoms with E-state index in [0.29, 0.717) is 43.3 Å². The minimum Gasteiger partial charge on any atom is -0.453 e. The highest BCUT2D eigenvalue weighted by Crippen LogP contribution is 2.27. The maximum Gasteiger partial charge on any atom is 0.407 e. The first-order valence-electron chi connectivity index (χ1n) is 10.7. The third-order valence-corrected chi connectivity index (χ3v) is 6.50. The predicted octanol–water partition coefficient (Wildman–Crippen LogP) is 3.45. The molecule has 33 heavy (non-hydrogen) atoms. The third-order valence-electron chi connectivity index (χ3n) is 5.61. The number of amides is 2. The molecule has 12 heteroatoms. The number of fused-ring (bicyclic) bond motifs is 1. The first-order valence-corrected chi connectivity index (χ1v) is 11.6. The van der Waals surface area contributed by atoms with Gasteiger partial charge < -0.3 is 20.3 Å². The second kappa shape index (κ2) is 10.8. The molecule has 0 bridgehead atoms. The van der Waals surface area contributed by atoms with Gasteiger partial charge in [0.15, 0.2) is 5.82 Å². The number of ether oxygens (including phenoxy) is 1. The van der Waals surface area contributed by atoms with Gasteiger partial charge in [0.25, 0.3) is 5.91 Å². The van der Waals surface area contributed by atoms with Gasteiger partial charge in [0.2, 0.25) is 0 Å². The lowest BCUT2D eigenvalue weighted by Crippen LogP contribution is -2.46. The van der Waals surface area contributed by atoms with E-state index in [2.05, 4.69) is 44.3 Å². The number of nitrogens with one attached hydrogen (secondary N) is 2. The van der Waals surface area contributed by atoms with E-state index in [4.69, 9.17) is 0 Å². The minimum atomic E-state index is -0.447. The van der Waals surface area contributed by atoms with E-state index in [1.165, 1.54) is 7.11 Å². The summed E-state index contributed by atoms with van der Waals surface area (Å²) in [6, 6.07) is 1.91. The molecule has 0 aliphatic carbocycles. The largest absolute Gasteiger partial charge is 0.453 e. The molecule has 2 N–H and O–H groups in total. The highest BCUT2D eigenvalue weighted by Gasteiger charge is 2.27. The Morgan fingerprint density at radius 2 is 2.06 bits per heavy atom. The molecule has 178 valence electrons. The van der Waals surface area contributed by atoms with E-state index in [1.54, 1.807) is 33.0 Å². The van der Waals surface area contributed by atoms with Gasteiger partial charge in [-0.1, -0.05) is 6.92 Å². The standard InChI is InChI=1S/C21H27N7O3S.ClH/c1-4-13(2)23-17-11-16(19(29)27-7-5-14(6-8-27)24-21(30)31-3)25-18(26-17)15-12-22-28-9-10-32-20(15)28;/h9-14H,4-8H2,1-3H3,(H,24,30)(H,23,25,26);1H/t13-;/m0./s1. The zero-order chi connectivity index (χ0) is 22.7. The maximum atomic E-state index is 13.3. The molecule has 4 heterocycles. The molecule has 0 aromatic carbocycles. The van der Waals surface area contributed by atoms with Crippen LogP contribution in [-0.2, 0) is 4.74 Å². The number of hydrogen-bond donors (Lipinski definition) is 2. The molecule has 1 fully saturated rings. The van der Waals surface area contributed by atoms with Crippen LogP contribution in [0.2, 0.25) is 0 Å². The molecule has 0 radical (unpaired) electrons. The number of carbonyl (C=O) groups excluding carboxylic acids is 2. The summed E-state index contributed by atoms with van der Waals surface area (Å²) in [5.41, 5.74) is 1.14. The van der Waals surface area contributed by atoms with E-state index >= 15 is 0 Å². The van der Waals surface area contributed by atoms with Crippen LogP contribution in [0.1, 0.15) is 43.6 Å². The molecule has 1 saturated heterocycles. The smallest absolute Gasteiger partial charge is 0.407 e. The Bertz CT molecular complexity index is 1110. The second-order valence-corrected chi connectivity index (χ2v) is 8.72. The number of halogens is 1. The van der Waals surface area contributed by atoms with Crippen molar-refractivity contribution >= 4 is 46.4 Å². The van der Waals surface area contributed by atoms with Crippen LogP contribution in [0.5, 0.6) is 0 Å². The summed E-state index contributed by atoms with van der Waals surface area (Å²) in [5, 5.41) is 12.5. The zero-order valence-electron chi connectivity index (χ0n) is 18.8.